The Morgan fingerprint density at radius 2 is 2.29 bits per heavy atom. The third-order valence-corrected chi connectivity index (χ3v) is 2.31. The lowest BCUT2D eigenvalue weighted by atomic mass is 10.3. The lowest BCUT2D eigenvalue weighted by Crippen LogP contribution is -2.12. The van der Waals surface area contributed by atoms with Crippen molar-refractivity contribution in [2.24, 2.45) is 0 Å². The van der Waals surface area contributed by atoms with Gasteiger partial charge in [-0.2, -0.15) is 5.10 Å². The van der Waals surface area contributed by atoms with Crippen molar-refractivity contribution in [2.45, 2.75) is 6.92 Å². The molecule has 0 aliphatic rings. The number of hydrogen-bond donors (Lipinski definition) is 0. The molecule has 0 atom stereocenters. The summed E-state index contributed by atoms with van der Waals surface area (Å²) >= 11 is 0. The second-order valence-electron chi connectivity index (χ2n) is 3.73. The van der Waals surface area contributed by atoms with Gasteiger partial charge in [-0.15, -0.1) is 0 Å². The first kappa shape index (κ1) is 11.4. The van der Waals surface area contributed by atoms with Crippen LogP contribution in [0.2, 0.25) is 0 Å². The Hall–Kier alpha value is -2.11. The molecule has 2 rings (SSSR count). The molecule has 0 aromatic carbocycles. The maximum absolute atomic E-state index is 11.7. The molecule has 0 aliphatic heterocycles. The van der Waals surface area contributed by atoms with Crippen LogP contribution in [0, 0.1) is 0 Å². The summed E-state index contributed by atoms with van der Waals surface area (Å²) in [5.41, 5.74) is 0.894. The van der Waals surface area contributed by atoms with Gasteiger partial charge in [0.2, 0.25) is 0 Å². The lowest BCUT2D eigenvalue weighted by Gasteiger charge is -2.10. The highest BCUT2D eigenvalue weighted by molar-refractivity contribution is 5.95. The zero-order valence-corrected chi connectivity index (χ0v) is 10.0. The van der Waals surface area contributed by atoms with E-state index in [1.165, 1.54) is 6.20 Å². The highest BCUT2D eigenvalue weighted by Crippen LogP contribution is 2.14. The number of carbonyl (C=O) groups is 1. The van der Waals surface area contributed by atoms with E-state index in [4.69, 9.17) is 4.74 Å². The predicted octanol–water partition coefficient (Wildman–Crippen LogP) is 0.972. The number of ether oxygens (including phenoxy) is 1. The molecule has 0 saturated heterocycles. The van der Waals surface area contributed by atoms with Gasteiger partial charge < -0.3 is 9.64 Å². The van der Waals surface area contributed by atoms with E-state index in [9.17, 15) is 4.79 Å². The van der Waals surface area contributed by atoms with Gasteiger partial charge in [0, 0.05) is 20.3 Å². The minimum Gasteiger partial charge on any atom is -0.462 e. The van der Waals surface area contributed by atoms with Crippen LogP contribution in [0.5, 0.6) is 0 Å². The van der Waals surface area contributed by atoms with Gasteiger partial charge in [-0.05, 0) is 13.0 Å². The molecule has 2 aromatic heterocycles. The summed E-state index contributed by atoms with van der Waals surface area (Å²) in [6, 6.07) is 1.83. The van der Waals surface area contributed by atoms with E-state index in [0.29, 0.717) is 17.8 Å². The molecular formula is C11H14N4O2. The smallest absolute Gasteiger partial charge is 0.343 e. The first-order chi connectivity index (χ1) is 8.13. The fourth-order valence-corrected chi connectivity index (χ4v) is 1.46. The zero-order chi connectivity index (χ0) is 12.4. The molecule has 0 saturated carbocycles. The first-order valence-electron chi connectivity index (χ1n) is 5.32. The van der Waals surface area contributed by atoms with E-state index in [2.05, 4.69) is 10.1 Å². The largest absolute Gasteiger partial charge is 0.462 e. The Balaban J connectivity index is 2.50. The van der Waals surface area contributed by atoms with Crippen molar-refractivity contribution >= 4 is 17.4 Å². The molecule has 0 radical (unpaired) electrons. The van der Waals surface area contributed by atoms with Crippen LogP contribution >= 0.6 is 0 Å². The van der Waals surface area contributed by atoms with Gasteiger partial charge >= 0.3 is 5.97 Å². The molecule has 90 valence electrons. The number of fused-ring (bicyclic) bond motifs is 1. The summed E-state index contributed by atoms with van der Waals surface area (Å²) in [5.74, 6) is 0.370. The summed E-state index contributed by atoms with van der Waals surface area (Å²) in [4.78, 5) is 17.9. The summed E-state index contributed by atoms with van der Waals surface area (Å²) in [6.45, 7) is 2.10. The number of hydrogen-bond acceptors (Lipinski definition) is 5. The molecule has 17 heavy (non-hydrogen) atoms. The number of esters is 1. The van der Waals surface area contributed by atoms with Crippen LogP contribution < -0.4 is 4.90 Å². The van der Waals surface area contributed by atoms with Crippen molar-refractivity contribution in [1.29, 1.82) is 0 Å². The van der Waals surface area contributed by atoms with Crippen molar-refractivity contribution in [2.75, 3.05) is 25.6 Å². The summed E-state index contributed by atoms with van der Waals surface area (Å²) < 4.78 is 6.50. The van der Waals surface area contributed by atoms with Gasteiger partial charge in [-0.3, -0.25) is 0 Å². The summed E-state index contributed by atoms with van der Waals surface area (Å²) in [6.07, 6.45) is 3.24. The summed E-state index contributed by atoms with van der Waals surface area (Å²) in [7, 11) is 3.78. The molecule has 0 aliphatic carbocycles. The predicted molar refractivity (Wildman–Crippen MR) is 63.3 cm³/mol. The molecule has 0 amide bonds. The van der Waals surface area contributed by atoms with Gasteiger partial charge in [-0.25, -0.2) is 14.3 Å². The van der Waals surface area contributed by atoms with Gasteiger partial charge in [0.05, 0.1) is 12.8 Å². The van der Waals surface area contributed by atoms with Crippen LogP contribution in [-0.2, 0) is 4.74 Å². The van der Waals surface area contributed by atoms with Crippen molar-refractivity contribution in [3.05, 3.63) is 24.0 Å². The standard InChI is InChI=1S/C11H14N4O2/c1-4-17-11(16)8-7-12-15-6-5-9(14(2)3)13-10(8)15/h5-7H,4H2,1-3H3. The highest BCUT2D eigenvalue weighted by Gasteiger charge is 2.15. The fraction of sp³-hybridized carbons (Fsp3) is 0.364. The molecule has 0 bridgehead atoms. The highest BCUT2D eigenvalue weighted by atomic mass is 16.5. The van der Waals surface area contributed by atoms with Gasteiger partial charge in [0.15, 0.2) is 5.65 Å². The Morgan fingerprint density at radius 3 is 2.94 bits per heavy atom. The van der Waals surface area contributed by atoms with Crippen LogP contribution in [0.15, 0.2) is 18.5 Å². The molecule has 2 aromatic rings. The van der Waals surface area contributed by atoms with E-state index >= 15 is 0 Å². The van der Waals surface area contributed by atoms with E-state index in [-0.39, 0.29) is 0 Å². The number of nitrogens with zero attached hydrogens (tertiary/aromatic N) is 4. The lowest BCUT2D eigenvalue weighted by molar-refractivity contribution is 0.0528. The Labute approximate surface area is 98.8 Å². The minimum absolute atomic E-state index is 0.337. The van der Waals surface area contributed by atoms with Crippen LogP contribution in [-0.4, -0.2) is 41.3 Å². The van der Waals surface area contributed by atoms with E-state index in [0.717, 1.165) is 5.82 Å². The summed E-state index contributed by atoms with van der Waals surface area (Å²) in [5, 5.41) is 4.06. The molecule has 0 N–H and O–H groups in total. The van der Waals surface area contributed by atoms with Crippen molar-refractivity contribution < 1.29 is 9.53 Å². The average Bonchev–Trinajstić information content (AvgIpc) is 2.71. The van der Waals surface area contributed by atoms with Crippen molar-refractivity contribution in [3.8, 4) is 0 Å². The molecule has 2 heterocycles. The molecular weight excluding hydrogens is 220 g/mol. The maximum Gasteiger partial charge on any atom is 0.343 e. The fourth-order valence-electron chi connectivity index (χ4n) is 1.46. The third kappa shape index (κ3) is 2.06. The topological polar surface area (TPSA) is 59.7 Å². The number of rotatable bonds is 3. The quantitative estimate of drug-likeness (QED) is 0.741. The Morgan fingerprint density at radius 1 is 1.53 bits per heavy atom. The van der Waals surface area contributed by atoms with Crippen molar-refractivity contribution in [1.82, 2.24) is 14.6 Å². The van der Waals surface area contributed by atoms with Gasteiger partial charge in [-0.1, -0.05) is 0 Å². The van der Waals surface area contributed by atoms with Crippen LogP contribution in [0.1, 0.15) is 17.3 Å². The van der Waals surface area contributed by atoms with Gasteiger partial charge in [0.1, 0.15) is 11.4 Å². The number of carbonyl (C=O) groups excluding carboxylic acids is 1. The average molecular weight is 234 g/mol. The maximum atomic E-state index is 11.7. The Kier molecular flexibility index (Phi) is 2.95. The minimum atomic E-state index is -0.397. The Bertz CT molecular complexity index is 547. The molecule has 6 nitrogen and oxygen atoms in total. The molecule has 6 heteroatoms. The second kappa shape index (κ2) is 4.40. The normalized spacial score (nSPS) is 10.5. The zero-order valence-electron chi connectivity index (χ0n) is 10.0. The van der Waals surface area contributed by atoms with Crippen LogP contribution in [0.25, 0.3) is 5.65 Å². The van der Waals surface area contributed by atoms with E-state index in [1.807, 2.05) is 25.1 Å². The third-order valence-electron chi connectivity index (χ3n) is 2.31. The molecule has 0 unspecified atom stereocenters. The molecule has 0 fully saturated rings. The van der Waals surface area contributed by atoms with Crippen LogP contribution in [0.3, 0.4) is 0 Å². The van der Waals surface area contributed by atoms with E-state index in [1.54, 1.807) is 17.6 Å². The van der Waals surface area contributed by atoms with Crippen LogP contribution in [0.4, 0.5) is 5.82 Å². The van der Waals surface area contributed by atoms with E-state index < -0.39 is 5.97 Å². The first-order valence-corrected chi connectivity index (χ1v) is 5.32. The molecule has 0 spiro atoms. The number of anilines is 1. The SMILES string of the molecule is CCOC(=O)c1cnn2ccc(N(C)C)nc12. The second-order valence-corrected chi connectivity index (χ2v) is 3.73. The number of aromatic nitrogens is 3. The monoisotopic (exact) mass is 234 g/mol. The van der Waals surface area contributed by atoms with Gasteiger partial charge in [0.25, 0.3) is 0 Å². The van der Waals surface area contributed by atoms with Crippen molar-refractivity contribution in [3.63, 3.8) is 0 Å².